The number of carbonyl (C=O) groups is 1. The summed E-state index contributed by atoms with van der Waals surface area (Å²) in [5.74, 6) is -0.733. The van der Waals surface area contributed by atoms with Gasteiger partial charge in [0.05, 0.1) is 19.8 Å². The maximum atomic E-state index is 14.1. The Balaban J connectivity index is 2.51. The standard InChI is InChI=1S/C15H14FNO3/c1-19-9-6-7-12(17)11(8-9)15(18)10-4-3-5-13(20-2)14(10)16/h3-8H,17H2,1-2H3. The highest BCUT2D eigenvalue weighted by molar-refractivity contribution is 6.12. The van der Waals surface area contributed by atoms with Crippen LogP contribution in [-0.2, 0) is 0 Å². The van der Waals surface area contributed by atoms with Crippen LogP contribution in [0.4, 0.5) is 10.1 Å². The van der Waals surface area contributed by atoms with Gasteiger partial charge in [-0.05, 0) is 30.3 Å². The number of rotatable bonds is 4. The van der Waals surface area contributed by atoms with E-state index in [1.54, 1.807) is 18.2 Å². The monoisotopic (exact) mass is 275 g/mol. The van der Waals surface area contributed by atoms with Crippen molar-refractivity contribution in [1.29, 1.82) is 0 Å². The van der Waals surface area contributed by atoms with Crippen LogP contribution in [-0.4, -0.2) is 20.0 Å². The Bertz CT molecular complexity index is 652. The van der Waals surface area contributed by atoms with Crippen molar-refractivity contribution in [3.8, 4) is 11.5 Å². The largest absolute Gasteiger partial charge is 0.497 e. The molecule has 2 rings (SSSR count). The van der Waals surface area contributed by atoms with Gasteiger partial charge in [0, 0.05) is 11.3 Å². The number of anilines is 1. The van der Waals surface area contributed by atoms with Crippen LogP contribution in [0.15, 0.2) is 36.4 Å². The van der Waals surface area contributed by atoms with Crippen LogP contribution in [0.2, 0.25) is 0 Å². The molecule has 0 aliphatic heterocycles. The summed E-state index contributed by atoms with van der Waals surface area (Å²) >= 11 is 0. The van der Waals surface area contributed by atoms with E-state index in [0.717, 1.165) is 0 Å². The molecule has 0 amide bonds. The summed E-state index contributed by atoms with van der Waals surface area (Å²) in [6.07, 6.45) is 0. The lowest BCUT2D eigenvalue weighted by atomic mass is 10.0. The number of carbonyl (C=O) groups excluding carboxylic acids is 1. The average Bonchev–Trinajstić information content (AvgIpc) is 2.47. The Labute approximate surface area is 115 Å². The number of benzene rings is 2. The quantitative estimate of drug-likeness (QED) is 0.688. The first-order valence-corrected chi connectivity index (χ1v) is 5.89. The van der Waals surface area contributed by atoms with Crippen molar-refractivity contribution < 1.29 is 18.7 Å². The molecule has 5 heteroatoms. The molecule has 2 aromatic carbocycles. The van der Waals surface area contributed by atoms with E-state index in [1.165, 1.54) is 32.4 Å². The third-order valence-electron chi connectivity index (χ3n) is 2.93. The summed E-state index contributed by atoms with van der Waals surface area (Å²) in [4.78, 5) is 12.4. The van der Waals surface area contributed by atoms with E-state index in [4.69, 9.17) is 15.2 Å². The molecule has 0 unspecified atom stereocenters. The van der Waals surface area contributed by atoms with Gasteiger partial charge in [0.15, 0.2) is 17.3 Å². The molecule has 0 saturated carbocycles. The third kappa shape index (κ3) is 2.42. The number of ketones is 1. The number of hydrogen-bond donors (Lipinski definition) is 1. The zero-order chi connectivity index (χ0) is 14.7. The van der Waals surface area contributed by atoms with Crippen LogP contribution in [0.3, 0.4) is 0 Å². The van der Waals surface area contributed by atoms with Gasteiger partial charge in [-0.3, -0.25) is 4.79 Å². The van der Waals surface area contributed by atoms with Crippen LogP contribution in [0.1, 0.15) is 15.9 Å². The number of nitrogen functional groups attached to an aromatic ring is 1. The zero-order valence-corrected chi connectivity index (χ0v) is 11.1. The van der Waals surface area contributed by atoms with Gasteiger partial charge < -0.3 is 15.2 Å². The van der Waals surface area contributed by atoms with Crippen molar-refractivity contribution in [2.24, 2.45) is 0 Å². The van der Waals surface area contributed by atoms with Crippen LogP contribution in [0.5, 0.6) is 11.5 Å². The molecule has 0 aliphatic carbocycles. The summed E-state index contributed by atoms with van der Waals surface area (Å²) in [6, 6.07) is 9.04. The lowest BCUT2D eigenvalue weighted by molar-refractivity contribution is 0.103. The Morgan fingerprint density at radius 1 is 1.10 bits per heavy atom. The highest BCUT2D eigenvalue weighted by Crippen LogP contribution is 2.26. The van der Waals surface area contributed by atoms with Crippen molar-refractivity contribution in [2.75, 3.05) is 20.0 Å². The van der Waals surface area contributed by atoms with Gasteiger partial charge >= 0.3 is 0 Å². The van der Waals surface area contributed by atoms with E-state index in [2.05, 4.69) is 0 Å². The molecule has 0 fully saturated rings. The molecular formula is C15H14FNO3. The minimum Gasteiger partial charge on any atom is -0.497 e. The molecule has 0 aliphatic rings. The summed E-state index contributed by atoms with van der Waals surface area (Å²) in [6.45, 7) is 0. The Morgan fingerprint density at radius 2 is 1.85 bits per heavy atom. The summed E-state index contributed by atoms with van der Waals surface area (Å²) < 4.78 is 24.0. The average molecular weight is 275 g/mol. The molecular weight excluding hydrogens is 261 g/mol. The maximum absolute atomic E-state index is 14.1. The van der Waals surface area contributed by atoms with Crippen molar-refractivity contribution >= 4 is 11.5 Å². The van der Waals surface area contributed by atoms with Crippen LogP contribution >= 0.6 is 0 Å². The molecule has 0 heterocycles. The highest BCUT2D eigenvalue weighted by atomic mass is 19.1. The van der Waals surface area contributed by atoms with Gasteiger partial charge in [0.2, 0.25) is 0 Å². The molecule has 0 saturated heterocycles. The molecule has 0 atom stereocenters. The first kappa shape index (κ1) is 13.9. The zero-order valence-electron chi connectivity index (χ0n) is 11.1. The minimum absolute atomic E-state index is 0.0114. The molecule has 0 radical (unpaired) electrons. The van der Waals surface area contributed by atoms with Crippen molar-refractivity contribution in [2.45, 2.75) is 0 Å². The SMILES string of the molecule is COc1ccc(N)c(C(=O)c2cccc(OC)c2F)c1. The van der Waals surface area contributed by atoms with Gasteiger partial charge in [0.1, 0.15) is 5.75 Å². The highest BCUT2D eigenvalue weighted by Gasteiger charge is 2.19. The van der Waals surface area contributed by atoms with E-state index in [0.29, 0.717) is 5.75 Å². The molecule has 0 bridgehead atoms. The first-order valence-electron chi connectivity index (χ1n) is 5.89. The maximum Gasteiger partial charge on any atom is 0.198 e. The van der Waals surface area contributed by atoms with Crippen molar-refractivity contribution in [3.05, 3.63) is 53.3 Å². The summed E-state index contributed by atoms with van der Waals surface area (Å²) in [5.41, 5.74) is 6.13. The topological polar surface area (TPSA) is 61.5 Å². The number of nitrogens with two attached hydrogens (primary N) is 1. The number of halogens is 1. The smallest absolute Gasteiger partial charge is 0.198 e. The number of hydrogen-bond acceptors (Lipinski definition) is 4. The molecule has 4 nitrogen and oxygen atoms in total. The molecule has 2 aromatic rings. The summed E-state index contributed by atoms with van der Waals surface area (Å²) in [5, 5.41) is 0. The number of methoxy groups -OCH3 is 2. The van der Waals surface area contributed by atoms with Gasteiger partial charge in [-0.25, -0.2) is 4.39 Å². The van der Waals surface area contributed by atoms with E-state index in [-0.39, 0.29) is 22.6 Å². The Morgan fingerprint density at radius 3 is 2.50 bits per heavy atom. The van der Waals surface area contributed by atoms with Gasteiger partial charge in [-0.15, -0.1) is 0 Å². The molecule has 0 spiro atoms. The van der Waals surface area contributed by atoms with Gasteiger partial charge in [0.25, 0.3) is 0 Å². The second kappa shape index (κ2) is 5.61. The fourth-order valence-electron chi connectivity index (χ4n) is 1.85. The van der Waals surface area contributed by atoms with E-state index in [1.807, 2.05) is 0 Å². The molecule has 0 aromatic heterocycles. The minimum atomic E-state index is -0.706. The van der Waals surface area contributed by atoms with Crippen molar-refractivity contribution in [3.63, 3.8) is 0 Å². The fourth-order valence-corrected chi connectivity index (χ4v) is 1.85. The van der Waals surface area contributed by atoms with E-state index < -0.39 is 11.6 Å². The predicted molar refractivity (Wildman–Crippen MR) is 73.8 cm³/mol. The van der Waals surface area contributed by atoms with E-state index >= 15 is 0 Å². The lowest BCUT2D eigenvalue weighted by Gasteiger charge is -2.09. The summed E-state index contributed by atoms with van der Waals surface area (Å²) in [7, 11) is 2.82. The second-order valence-electron chi connectivity index (χ2n) is 4.10. The number of ether oxygens (including phenoxy) is 2. The molecule has 2 N–H and O–H groups in total. The van der Waals surface area contributed by atoms with Crippen LogP contribution < -0.4 is 15.2 Å². The predicted octanol–water partition coefficient (Wildman–Crippen LogP) is 2.66. The third-order valence-corrected chi connectivity index (χ3v) is 2.93. The first-order chi connectivity index (χ1) is 9.58. The lowest BCUT2D eigenvalue weighted by Crippen LogP contribution is -2.08. The fraction of sp³-hybridized carbons (Fsp3) is 0.133. The Hall–Kier alpha value is -2.56. The second-order valence-corrected chi connectivity index (χ2v) is 4.10. The van der Waals surface area contributed by atoms with Crippen LogP contribution in [0.25, 0.3) is 0 Å². The normalized spacial score (nSPS) is 10.2. The van der Waals surface area contributed by atoms with E-state index in [9.17, 15) is 9.18 Å². The van der Waals surface area contributed by atoms with Crippen molar-refractivity contribution in [1.82, 2.24) is 0 Å². The van der Waals surface area contributed by atoms with Crippen LogP contribution in [0, 0.1) is 5.82 Å². The van der Waals surface area contributed by atoms with Gasteiger partial charge in [-0.2, -0.15) is 0 Å². The Kier molecular flexibility index (Phi) is 3.89. The molecule has 20 heavy (non-hydrogen) atoms. The van der Waals surface area contributed by atoms with Gasteiger partial charge in [-0.1, -0.05) is 6.07 Å². The molecule has 104 valence electrons.